The van der Waals surface area contributed by atoms with Gasteiger partial charge in [-0.3, -0.25) is 9.98 Å². The minimum absolute atomic E-state index is 0.257. The minimum Gasteiger partial charge on any atom is -0.506 e. The third-order valence-electron chi connectivity index (χ3n) is 4.68. The SMILES string of the molecule is C=CN=C1C(=C)C=Cc2ccc(CC)nc21.CC.CC.CCc1ccc2cccc(O)c2n1. The first-order chi connectivity index (χ1) is 16.1. The summed E-state index contributed by atoms with van der Waals surface area (Å²) < 4.78 is 0. The number of phenolic OH excluding ortho intramolecular Hbond substituents is 1. The highest BCUT2D eigenvalue weighted by molar-refractivity contribution is 6.17. The van der Waals surface area contributed by atoms with E-state index in [-0.39, 0.29) is 5.75 Å². The molecular formula is C29H37N3O. The van der Waals surface area contributed by atoms with Crippen molar-refractivity contribution < 1.29 is 5.11 Å². The van der Waals surface area contributed by atoms with Crippen molar-refractivity contribution in [3.05, 3.63) is 96.1 Å². The highest BCUT2D eigenvalue weighted by Crippen LogP contribution is 2.23. The van der Waals surface area contributed by atoms with E-state index in [1.54, 1.807) is 6.07 Å². The van der Waals surface area contributed by atoms with Crippen LogP contribution in [0.4, 0.5) is 0 Å². The van der Waals surface area contributed by atoms with E-state index in [9.17, 15) is 5.11 Å². The zero-order chi connectivity index (χ0) is 24.8. The molecule has 2 heterocycles. The van der Waals surface area contributed by atoms with E-state index in [0.717, 1.165) is 52.2 Å². The summed E-state index contributed by atoms with van der Waals surface area (Å²) in [5.74, 6) is 0.257. The molecule has 0 saturated heterocycles. The second kappa shape index (κ2) is 14.5. The molecule has 1 aromatic carbocycles. The Labute approximate surface area is 199 Å². The summed E-state index contributed by atoms with van der Waals surface area (Å²) in [7, 11) is 0. The molecular weight excluding hydrogens is 406 g/mol. The number of aliphatic imine (C=N–C) groups is 1. The van der Waals surface area contributed by atoms with Crippen molar-refractivity contribution in [3.63, 3.8) is 0 Å². The number of fused-ring (bicyclic) bond motifs is 2. The van der Waals surface area contributed by atoms with Crippen molar-refractivity contribution in [2.24, 2.45) is 4.99 Å². The Bertz CT molecular complexity index is 1130. The number of pyridine rings is 2. The van der Waals surface area contributed by atoms with Crippen LogP contribution in [0, 0.1) is 0 Å². The molecule has 1 aliphatic rings. The molecule has 0 spiro atoms. The average molecular weight is 444 g/mol. The van der Waals surface area contributed by atoms with Gasteiger partial charge in [0.05, 0.1) is 11.4 Å². The molecule has 0 atom stereocenters. The molecule has 4 heteroatoms. The predicted octanol–water partition coefficient (Wildman–Crippen LogP) is 7.71. The normalized spacial score (nSPS) is 12.4. The lowest BCUT2D eigenvalue weighted by atomic mass is 9.96. The van der Waals surface area contributed by atoms with Gasteiger partial charge in [-0.05, 0) is 36.6 Å². The minimum atomic E-state index is 0.257. The maximum Gasteiger partial charge on any atom is 0.141 e. The van der Waals surface area contributed by atoms with Crippen LogP contribution in [0.3, 0.4) is 0 Å². The number of hydrogen-bond donors (Lipinski definition) is 1. The summed E-state index contributed by atoms with van der Waals surface area (Å²) >= 11 is 0. The van der Waals surface area contributed by atoms with Crippen LogP contribution in [-0.4, -0.2) is 20.8 Å². The molecule has 1 N–H and O–H groups in total. The number of aromatic hydroxyl groups is 1. The first kappa shape index (κ1) is 27.5. The quantitative estimate of drug-likeness (QED) is 0.451. The van der Waals surface area contributed by atoms with Crippen LogP contribution in [-0.2, 0) is 12.8 Å². The van der Waals surface area contributed by atoms with Gasteiger partial charge in [-0.2, -0.15) is 0 Å². The van der Waals surface area contributed by atoms with Crippen molar-refractivity contribution >= 4 is 22.7 Å². The van der Waals surface area contributed by atoms with Crippen molar-refractivity contribution in [3.8, 4) is 5.75 Å². The highest BCUT2D eigenvalue weighted by Gasteiger charge is 2.15. The van der Waals surface area contributed by atoms with E-state index in [1.807, 2.05) is 77.1 Å². The van der Waals surface area contributed by atoms with Gasteiger partial charge in [0.25, 0.3) is 0 Å². The summed E-state index contributed by atoms with van der Waals surface area (Å²) in [6, 6.07) is 13.5. The molecule has 0 amide bonds. The third-order valence-corrected chi connectivity index (χ3v) is 4.68. The number of allylic oxidation sites excluding steroid dienone is 2. The number of phenols is 1. The molecule has 174 valence electrons. The molecule has 0 radical (unpaired) electrons. The molecule has 4 rings (SSSR count). The third kappa shape index (κ3) is 7.25. The van der Waals surface area contributed by atoms with E-state index < -0.39 is 0 Å². The Hall–Kier alpha value is -3.53. The molecule has 4 nitrogen and oxygen atoms in total. The number of nitrogens with zero attached hydrogens (tertiary/aromatic N) is 3. The second-order valence-electron chi connectivity index (χ2n) is 6.62. The van der Waals surface area contributed by atoms with Gasteiger partial charge in [0.1, 0.15) is 11.3 Å². The van der Waals surface area contributed by atoms with Gasteiger partial charge in [0, 0.05) is 28.5 Å². The first-order valence-corrected chi connectivity index (χ1v) is 11.7. The van der Waals surface area contributed by atoms with E-state index in [2.05, 4.69) is 41.1 Å². The number of para-hydroxylation sites is 1. The lowest BCUT2D eigenvalue weighted by molar-refractivity contribution is 0.480. The van der Waals surface area contributed by atoms with Crippen LogP contribution in [0.25, 0.3) is 17.0 Å². The molecule has 3 aromatic rings. The van der Waals surface area contributed by atoms with E-state index in [1.165, 1.54) is 6.20 Å². The Morgan fingerprint density at radius 3 is 2.15 bits per heavy atom. The zero-order valence-corrected chi connectivity index (χ0v) is 20.9. The molecule has 33 heavy (non-hydrogen) atoms. The Morgan fingerprint density at radius 1 is 0.879 bits per heavy atom. The monoisotopic (exact) mass is 443 g/mol. The van der Waals surface area contributed by atoms with Gasteiger partial charge in [-0.1, -0.05) is 91.1 Å². The number of aryl methyl sites for hydroxylation is 2. The standard InChI is InChI=1S/C14H14N2.C11H11NO.2C2H6/c1-4-12-9-8-11-7-6-10(3)13(15-5-2)14(11)16-12;1-2-9-7-6-8-4-3-5-10(13)11(8)12-9;2*1-2/h5-9H,2-4H2,1H3;3-7,13H,2H2,1H3;2*1-2H3. The second-order valence-corrected chi connectivity index (χ2v) is 6.62. The van der Waals surface area contributed by atoms with Crippen LogP contribution in [0.2, 0.25) is 0 Å². The Balaban J connectivity index is 0.000000291. The molecule has 1 aliphatic carbocycles. The average Bonchev–Trinajstić information content (AvgIpc) is 2.88. The topological polar surface area (TPSA) is 58.4 Å². The van der Waals surface area contributed by atoms with Gasteiger partial charge in [-0.15, -0.1) is 0 Å². The van der Waals surface area contributed by atoms with Gasteiger partial charge in [0.2, 0.25) is 0 Å². The van der Waals surface area contributed by atoms with Crippen LogP contribution in [0.5, 0.6) is 5.75 Å². The van der Waals surface area contributed by atoms with E-state index >= 15 is 0 Å². The van der Waals surface area contributed by atoms with Crippen molar-refractivity contribution in [1.29, 1.82) is 0 Å². The van der Waals surface area contributed by atoms with Crippen LogP contribution in [0.15, 0.2) is 78.5 Å². The fraction of sp³-hybridized carbons (Fsp3) is 0.276. The van der Waals surface area contributed by atoms with Gasteiger partial charge in [0.15, 0.2) is 0 Å². The number of aromatic nitrogens is 2. The van der Waals surface area contributed by atoms with Crippen molar-refractivity contribution in [1.82, 2.24) is 9.97 Å². The van der Waals surface area contributed by atoms with Crippen molar-refractivity contribution in [2.75, 3.05) is 0 Å². The maximum absolute atomic E-state index is 9.53. The largest absolute Gasteiger partial charge is 0.506 e. The van der Waals surface area contributed by atoms with Gasteiger partial charge < -0.3 is 5.11 Å². The Kier molecular flexibility index (Phi) is 12.1. The van der Waals surface area contributed by atoms with Crippen LogP contribution in [0.1, 0.15) is 64.2 Å². The smallest absolute Gasteiger partial charge is 0.141 e. The Morgan fingerprint density at radius 2 is 1.52 bits per heavy atom. The van der Waals surface area contributed by atoms with Crippen LogP contribution < -0.4 is 0 Å². The summed E-state index contributed by atoms with van der Waals surface area (Å²) in [6.07, 6.45) is 7.32. The van der Waals surface area contributed by atoms with Crippen LogP contribution >= 0.6 is 0 Å². The summed E-state index contributed by atoms with van der Waals surface area (Å²) in [6.45, 7) is 19.7. The summed E-state index contributed by atoms with van der Waals surface area (Å²) in [5.41, 5.74) is 6.47. The predicted molar refractivity (Wildman–Crippen MR) is 144 cm³/mol. The lowest BCUT2D eigenvalue weighted by Crippen LogP contribution is -2.12. The highest BCUT2D eigenvalue weighted by atomic mass is 16.3. The van der Waals surface area contributed by atoms with Crippen molar-refractivity contribution in [2.45, 2.75) is 54.4 Å². The molecule has 0 fully saturated rings. The number of rotatable bonds is 3. The summed E-state index contributed by atoms with van der Waals surface area (Å²) in [4.78, 5) is 13.2. The molecule has 0 unspecified atom stereocenters. The van der Waals surface area contributed by atoms with E-state index in [4.69, 9.17) is 0 Å². The molecule has 0 aliphatic heterocycles. The zero-order valence-electron chi connectivity index (χ0n) is 20.9. The van der Waals surface area contributed by atoms with E-state index in [0.29, 0.717) is 5.52 Å². The fourth-order valence-corrected chi connectivity index (χ4v) is 3.06. The first-order valence-electron chi connectivity index (χ1n) is 11.7. The lowest BCUT2D eigenvalue weighted by Gasteiger charge is -2.14. The maximum atomic E-state index is 9.53. The fourth-order valence-electron chi connectivity index (χ4n) is 3.06. The summed E-state index contributed by atoms with van der Waals surface area (Å²) in [5, 5.41) is 10.5. The number of hydrogen-bond acceptors (Lipinski definition) is 4. The molecule has 2 aromatic heterocycles. The molecule has 0 bridgehead atoms. The molecule has 0 saturated carbocycles. The van der Waals surface area contributed by atoms with Gasteiger partial charge in [-0.25, -0.2) is 4.98 Å². The van der Waals surface area contributed by atoms with Gasteiger partial charge >= 0.3 is 0 Å². The number of benzene rings is 1.